The molecule has 37 heavy (non-hydrogen) atoms. The lowest BCUT2D eigenvalue weighted by molar-refractivity contribution is 0.102. The standard InChI is InChI=1S/C30H22N4O3/c1-3-33(4-2)18-14-13-17-15-21-28-31-22-11-7-8-12-23(22)34(28)29(32-30(21)37-24(17)16-18)25-26(35)19-9-5-6-10-20(19)27(25)36/h5-16H,3-4H2,1-2H3. The summed E-state index contributed by atoms with van der Waals surface area (Å²) in [6.07, 6.45) is 2.01. The SMILES string of the molecule is CCN(CC)c1ccc2c(c1)Oc1nc(=C3C(=O)c4ccccc4C3=O)n3c(nc4ccccc43)c1=C2. The molecule has 3 heterocycles. The van der Waals surface area contributed by atoms with Crippen LogP contribution < -0.4 is 20.3 Å². The molecule has 0 unspecified atom stereocenters. The first-order valence-corrected chi connectivity index (χ1v) is 12.4. The van der Waals surface area contributed by atoms with Crippen LogP contribution in [0.1, 0.15) is 40.1 Å². The van der Waals surface area contributed by atoms with Gasteiger partial charge in [-0.3, -0.25) is 14.0 Å². The fourth-order valence-electron chi connectivity index (χ4n) is 5.33. The molecule has 0 amide bonds. The first kappa shape index (κ1) is 21.5. The topological polar surface area (TPSA) is 76.8 Å². The third-order valence-corrected chi connectivity index (χ3v) is 7.18. The van der Waals surface area contributed by atoms with Gasteiger partial charge in [-0.1, -0.05) is 36.4 Å². The van der Waals surface area contributed by atoms with Gasteiger partial charge in [0.2, 0.25) is 17.4 Å². The molecule has 0 atom stereocenters. The molecular weight excluding hydrogens is 464 g/mol. The molecular formula is C30H22N4O3. The van der Waals surface area contributed by atoms with Crippen LogP contribution in [0.4, 0.5) is 5.69 Å². The molecule has 1 aliphatic carbocycles. The van der Waals surface area contributed by atoms with E-state index in [1.54, 1.807) is 28.7 Å². The number of fused-ring (bicyclic) bond motifs is 7. The highest BCUT2D eigenvalue weighted by molar-refractivity contribution is 6.55. The van der Waals surface area contributed by atoms with Gasteiger partial charge in [0.05, 0.1) is 16.3 Å². The minimum Gasteiger partial charge on any atom is -0.437 e. The second-order valence-corrected chi connectivity index (χ2v) is 9.13. The van der Waals surface area contributed by atoms with E-state index >= 15 is 0 Å². The highest BCUT2D eigenvalue weighted by atomic mass is 16.5. The maximum absolute atomic E-state index is 13.5. The van der Waals surface area contributed by atoms with Crippen molar-refractivity contribution in [3.05, 3.63) is 94.1 Å². The number of imidazole rings is 1. The summed E-state index contributed by atoms with van der Waals surface area (Å²) in [7, 11) is 0. The summed E-state index contributed by atoms with van der Waals surface area (Å²) in [4.78, 5) is 38.9. The van der Waals surface area contributed by atoms with Crippen molar-refractivity contribution in [1.29, 1.82) is 0 Å². The summed E-state index contributed by atoms with van der Waals surface area (Å²) < 4.78 is 8.16. The van der Waals surface area contributed by atoms with Crippen LogP contribution in [0.2, 0.25) is 0 Å². The van der Waals surface area contributed by atoms with Crippen LogP contribution >= 0.6 is 0 Å². The quantitative estimate of drug-likeness (QED) is 0.378. The Bertz CT molecular complexity index is 1900. The zero-order valence-electron chi connectivity index (χ0n) is 20.4. The van der Waals surface area contributed by atoms with Crippen molar-refractivity contribution in [2.24, 2.45) is 0 Å². The molecule has 2 aliphatic rings. The molecule has 7 heteroatoms. The van der Waals surface area contributed by atoms with Gasteiger partial charge < -0.3 is 9.64 Å². The Labute approximate surface area is 212 Å². The molecule has 0 bridgehead atoms. The van der Waals surface area contributed by atoms with E-state index in [2.05, 4.69) is 24.8 Å². The number of aromatic nitrogens is 3. The lowest BCUT2D eigenvalue weighted by atomic mass is 10.1. The third kappa shape index (κ3) is 3.00. The van der Waals surface area contributed by atoms with Gasteiger partial charge in [-0.05, 0) is 44.2 Å². The summed E-state index contributed by atoms with van der Waals surface area (Å²) in [6.45, 7) is 5.98. The molecule has 7 nitrogen and oxygen atoms in total. The lowest BCUT2D eigenvalue weighted by Gasteiger charge is -2.23. The zero-order valence-corrected chi connectivity index (χ0v) is 20.4. The van der Waals surface area contributed by atoms with Gasteiger partial charge in [0.25, 0.3) is 0 Å². The fraction of sp³-hybridized carbons (Fsp3) is 0.133. The Hall–Kier alpha value is -4.78. The highest BCUT2D eigenvalue weighted by Gasteiger charge is 2.35. The molecule has 5 aromatic rings. The molecule has 0 spiro atoms. The van der Waals surface area contributed by atoms with Crippen molar-refractivity contribution < 1.29 is 14.3 Å². The van der Waals surface area contributed by atoms with Gasteiger partial charge in [-0.15, -0.1) is 0 Å². The average molecular weight is 487 g/mol. The number of benzene rings is 3. The maximum Gasteiger partial charge on any atom is 0.232 e. The zero-order chi connectivity index (χ0) is 25.3. The second-order valence-electron chi connectivity index (χ2n) is 9.13. The first-order valence-electron chi connectivity index (χ1n) is 12.4. The number of para-hydroxylation sites is 2. The second kappa shape index (κ2) is 7.86. The van der Waals surface area contributed by atoms with Gasteiger partial charge >= 0.3 is 0 Å². The number of carbonyl (C=O) groups is 2. The Kier molecular flexibility index (Phi) is 4.57. The molecule has 180 valence electrons. The molecule has 2 aromatic heterocycles. The van der Waals surface area contributed by atoms with E-state index in [9.17, 15) is 9.59 Å². The van der Waals surface area contributed by atoms with Crippen LogP contribution in [0, 0.1) is 0 Å². The summed E-state index contributed by atoms with van der Waals surface area (Å²) >= 11 is 0. The number of Topliss-reactive ketones (excluding diaryl/α,β-unsaturated/α-hetero) is 2. The summed E-state index contributed by atoms with van der Waals surface area (Å²) in [5.41, 5.74) is 5.12. The van der Waals surface area contributed by atoms with Gasteiger partial charge in [0, 0.05) is 41.5 Å². The van der Waals surface area contributed by atoms with Crippen LogP contribution in [0.5, 0.6) is 11.6 Å². The summed E-state index contributed by atoms with van der Waals surface area (Å²) in [6, 6.07) is 20.6. The normalized spacial score (nSPS) is 13.8. The van der Waals surface area contributed by atoms with Crippen LogP contribution in [-0.4, -0.2) is 39.0 Å². The fourth-order valence-corrected chi connectivity index (χ4v) is 5.33. The Morgan fingerprint density at radius 2 is 1.57 bits per heavy atom. The summed E-state index contributed by atoms with van der Waals surface area (Å²) in [5, 5.41) is 0.707. The van der Waals surface area contributed by atoms with Crippen LogP contribution in [-0.2, 0) is 0 Å². The number of carbonyl (C=O) groups excluding carboxylic acids is 2. The maximum atomic E-state index is 13.5. The van der Waals surface area contributed by atoms with Gasteiger partial charge in [-0.2, -0.15) is 4.98 Å². The van der Waals surface area contributed by atoms with Crippen molar-refractivity contribution in [1.82, 2.24) is 14.4 Å². The van der Waals surface area contributed by atoms with E-state index in [-0.39, 0.29) is 22.6 Å². The number of hydrogen-bond donors (Lipinski definition) is 0. The predicted octanol–water partition coefficient (Wildman–Crippen LogP) is 3.89. The molecule has 3 aromatic carbocycles. The summed E-state index contributed by atoms with van der Waals surface area (Å²) in [5.74, 6) is 0.325. The molecule has 1 aliphatic heterocycles. The van der Waals surface area contributed by atoms with Crippen LogP contribution in [0.3, 0.4) is 0 Å². The number of ketones is 2. The van der Waals surface area contributed by atoms with Crippen molar-refractivity contribution in [3.63, 3.8) is 0 Å². The third-order valence-electron chi connectivity index (χ3n) is 7.18. The highest BCUT2D eigenvalue weighted by Crippen LogP contribution is 2.32. The van der Waals surface area contributed by atoms with Gasteiger partial charge in [-0.25, -0.2) is 4.98 Å². The predicted molar refractivity (Wildman–Crippen MR) is 142 cm³/mol. The van der Waals surface area contributed by atoms with Crippen LogP contribution in [0.25, 0.3) is 28.3 Å². The van der Waals surface area contributed by atoms with Gasteiger partial charge in [0.1, 0.15) is 11.3 Å². The van der Waals surface area contributed by atoms with E-state index in [0.29, 0.717) is 33.6 Å². The number of anilines is 1. The first-order chi connectivity index (χ1) is 18.1. The molecule has 0 radical (unpaired) electrons. The Balaban J connectivity index is 1.57. The Morgan fingerprint density at radius 1 is 0.865 bits per heavy atom. The van der Waals surface area contributed by atoms with E-state index in [1.807, 2.05) is 42.5 Å². The average Bonchev–Trinajstić information content (AvgIpc) is 3.44. The van der Waals surface area contributed by atoms with Crippen molar-refractivity contribution in [3.8, 4) is 11.6 Å². The molecule has 0 saturated heterocycles. The van der Waals surface area contributed by atoms with Crippen molar-refractivity contribution in [2.45, 2.75) is 13.8 Å². The van der Waals surface area contributed by atoms with E-state index in [0.717, 1.165) is 35.4 Å². The number of ether oxygens (including phenoxy) is 1. The minimum absolute atomic E-state index is 0.0310. The number of rotatable bonds is 3. The molecule has 0 fully saturated rings. The lowest BCUT2D eigenvalue weighted by Crippen LogP contribution is -2.31. The smallest absolute Gasteiger partial charge is 0.232 e. The monoisotopic (exact) mass is 486 g/mol. The van der Waals surface area contributed by atoms with E-state index in [4.69, 9.17) is 14.7 Å². The number of nitrogens with zero attached hydrogens (tertiary/aromatic N) is 4. The minimum atomic E-state index is -0.337. The number of hydrogen-bond acceptors (Lipinski definition) is 6. The molecule has 7 rings (SSSR count). The van der Waals surface area contributed by atoms with Crippen LogP contribution in [0.15, 0.2) is 66.7 Å². The van der Waals surface area contributed by atoms with Crippen molar-refractivity contribution in [2.75, 3.05) is 18.0 Å². The molecule has 0 saturated carbocycles. The molecule has 0 N–H and O–H groups in total. The van der Waals surface area contributed by atoms with Crippen molar-refractivity contribution >= 4 is 45.6 Å². The van der Waals surface area contributed by atoms with E-state index < -0.39 is 0 Å². The Morgan fingerprint density at radius 3 is 2.30 bits per heavy atom. The van der Waals surface area contributed by atoms with E-state index in [1.165, 1.54) is 0 Å². The van der Waals surface area contributed by atoms with Gasteiger partial charge in [0.15, 0.2) is 11.1 Å². The largest absolute Gasteiger partial charge is 0.437 e.